The average molecular weight is 296 g/mol. The number of hydrogen-bond donors (Lipinski definition) is 0. The molecule has 2 saturated heterocycles. The number of hydrogen-bond acceptors (Lipinski definition) is 4. The van der Waals surface area contributed by atoms with Gasteiger partial charge < -0.3 is 9.80 Å². The Hall–Kier alpha value is -1.65. The van der Waals surface area contributed by atoms with Crippen LogP contribution in [-0.2, 0) is 0 Å². The molecule has 0 bridgehead atoms. The van der Waals surface area contributed by atoms with Crippen LogP contribution in [0.25, 0.3) is 10.8 Å². The minimum atomic E-state index is 0.689. The molecule has 2 aliphatic rings. The average Bonchev–Trinajstić information content (AvgIpc) is 3.05. The van der Waals surface area contributed by atoms with Crippen LogP contribution in [0.15, 0.2) is 36.5 Å². The summed E-state index contributed by atoms with van der Waals surface area (Å²) in [5.41, 5.74) is 0. The van der Waals surface area contributed by atoms with Crippen molar-refractivity contribution in [1.82, 2.24) is 14.8 Å². The van der Waals surface area contributed by atoms with Gasteiger partial charge in [-0.05, 0) is 24.9 Å². The van der Waals surface area contributed by atoms with Crippen molar-refractivity contribution in [3.05, 3.63) is 36.5 Å². The standard InChI is InChI=1S/C18H24N4/c1-20-10-12-21(13-11-20)16-7-9-22(14-16)18-17-5-3-2-4-15(17)6-8-19-18/h2-6,8,16H,7,9-14H2,1H3. The zero-order chi connectivity index (χ0) is 14.9. The van der Waals surface area contributed by atoms with E-state index in [9.17, 15) is 0 Å². The van der Waals surface area contributed by atoms with Crippen LogP contribution in [0.1, 0.15) is 6.42 Å². The highest BCUT2D eigenvalue weighted by molar-refractivity contribution is 5.92. The van der Waals surface area contributed by atoms with Crippen molar-refractivity contribution in [1.29, 1.82) is 0 Å². The highest BCUT2D eigenvalue weighted by atomic mass is 15.3. The number of fused-ring (bicyclic) bond motifs is 1. The number of rotatable bonds is 2. The summed E-state index contributed by atoms with van der Waals surface area (Å²) >= 11 is 0. The third-order valence-electron chi connectivity index (χ3n) is 5.17. The van der Waals surface area contributed by atoms with E-state index >= 15 is 0 Å². The van der Waals surface area contributed by atoms with Gasteiger partial charge in [-0.1, -0.05) is 24.3 Å². The van der Waals surface area contributed by atoms with Gasteiger partial charge in [-0.3, -0.25) is 4.90 Å². The number of nitrogens with zero attached hydrogens (tertiary/aromatic N) is 4. The monoisotopic (exact) mass is 296 g/mol. The first-order valence-corrected chi connectivity index (χ1v) is 8.32. The molecule has 22 heavy (non-hydrogen) atoms. The van der Waals surface area contributed by atoms with Gasteiger partial charge in [0, 0.05) is 56.9 Å². The number of piperazine rings is 1. The third-order valence-corrected chi connectivity index (χ3v) is 5.17. The molecule has 2 fully saturated rings. The van der Waals surface area contributed by atoms with Crippen LogP contribution in [0, 0.1) is 0 Å². The van der Waals surface area contributed by atoms with Crippen LogP contribution in [0.4, 0.5) is 5.82 Å². The fourth-order valence-corrected chi connectivity index (χ4v) is 3.77. The predicted octanol–water partition coefficient (Wildman–Crippen LogP) is 2.06. The molecule has 1 aromatic carbocycles. The number of pyridine rings is 1. The minimum absolute atomic E-state index is 0.689. The lowest BCUT2D eigenvalue weighted by atomic mass is 10.1. The van der Waals surface area contributed by atoms with E-state index in [-0.39, 0.29) is 0 Å². The SMILES string of the molecule is CN1CCN(C2CCN(c3nccc4ccccc34)C2)CC1. The molecule has 2 aliphatic heterocycles. The van der Waals surface area contributed by atoms with Gasteiger partial charge in [-0.15, -0.1) is 0 Å². The Labute approximate surface area is 132 Å². The van der Waals surface area contributed by atoms with Gasteiger partial charge in [0.25, 0.3) is 0 Å². The maximum atomic E-state index is 4.68. The molecule has 3 heterocycles. The fourth-order valence-electron chi connectivity index (χ4n) is 3.77. The van der Waals surface area contributed by atoms with Crippen LogP contribution in [-0.4, -0.2) is 67.1 Å². The van der Waals surface area contributed by atoms with Gasteiger partial charge >= 0.3 is 0 Å². The summed E-state index contributed by atoms with van der Waals surface area (Å²) in [5, 5.41) is 2.57. The molecule has 4 heteroatoms. The molecule has 0 radical (unpaired) electrons. The summed E-state index contributed by atoms with van der Waals surface area (Å²) in [5.74, 6) is 1.16. The van der Waals surface area contributed by atoms with Gasteiger partial charge in [0.15, 0.2) is 0 Å². The van der Waals surface area contributed by atoms with Crippen molar-refractivity contribution >= 4 is 16.6 Å². The molecule has 1 aromatic heterocycles. The molecule has 0 N–H and O–H groups in total. The zero-order valence-corrected chi connectivity index (χ0v) is 13.3. The van der Waals surface area contributed by atoms with Crippen LogP contribution < -0.4 is 4.90 Å². The van der Waals surface area contributed by atoms with Crippen molar-refractivity contribution < 1.29 is 0 Å². The molecule has 2 aromatic rings. The highest BCUT2D eigenvalue weighted by Gasteiger charge is 2.30. The van der Waals surface area contributed by atoms with Gasteiger partial charge in [0.2, 0.25) is 0 Å². The number of anilines is 1. The molecule has 1 unspecified atom stereocenters. The van der Waals surface area contributed by atoms with Crippen LogP contribution in [0.2, 0.25) is 0 Å². The van der Waals surface area contributed by atoms with E-state index in [1.165, 1.54) is 43.4 Å². The van der Waals surface area contributed by atoms with Gasteiger partial charge in [-0.25, -0.2) is 4.98 Å². The van der Waals surface area contributed by atoms with Gasteiger partial charge in [-0.2, -0.15) is 0 Å². The normalized spacial score (nSPS) is 24.2. The van der Waals surface area contributed by atoms with Crippen molar-refractivity contribution in [3.8, 4) is 0 Å². The molecule has 0 spiro atoms. The fraction of sp³-hybridized carbons (Fsp3) is 0.500. The molecule has 116 valence electrons. The second-order valence-electron chi connectivity index (χ2n) is 6.58. The lowest BCUT2D eigenvalue weighted by Crippen LogP contribution is -2.49. The maximum absolute atomic E-state index is 4.68. The predicted molar refractivity (Wildman–Crippen MR) is 91.4 cm³/mol. The smallest absolute Gasteiger partial charge is 0.136 e. The minimum Gasteiger partial charge on any atom is -0.354 e. The Morgan fingerprint density at radius 1 is 1.00 bits per heavy atom. The first-order chi connectivity index (χ1) is 10.8. The van der Waals surface area contributed by atoms with E-state index in [1.54, 1.807) is 0 Å². The summed E-state index contributed by atoms with van der Waals surface area (Å²) in [7, 11) is 2.22. The van der Waals surface area contributed by atoms with Crippen molar-refractivity contribution in [2.45, 2.75) is 12.5 Å². The van der Waals surface area contributed by atoms with Gasteiger partial charge in [0.05, 0.1) is 0 Å². The first kappa shape index (κ1) is 14.0. The Morgan fingerprint density at radius 3 is 2.68 bits per heavy atom. The number of aromatic nitrogens is 1. The van der Waals surface area contributed by atoms with E-state index in [0.29, 0.717) is 6.04 Å². The molecular formula is C18H24N4. The van der Waals surface area contributed by atoms with Crippen LogP contribution >= 0.6 is 0 Å². The van der Waals surface area contributed by atoms with E-state index < -0.39 is 0 Å². The number of benzene rings is 1. The molecule has 0 amide bonds. The highest BCUT2D eigenvalue weighted by Crippen LogP contribution is 2.28. The Kier molecular flexibility index (Phi) is 3.72. The third kappa shape index (κ3) is 2.57. The summed E-state index contributed by atoms with van der Waals surface area (Å²) in [6.45, 7) is 7.05. The molecule has 4 nitrogen and oxygen atoms in total. The molecular weight excluding hydrogens is 272 g/mol. The summed E-state index contributed by atoms with van der Waals surface area (Å²) in [4.78, 5) is 12.3. The second kappa shape index (κ2) is 5.86. The zero-order valence-electron chi connectivity index (χ0n) is 13.3. The summed E-state index contributed by atoms with van der Waals surface area (Å²) in [6.07, 6.45) is 3.20. The Balaban J connectivity index is 1.52. The number of likely N-dealkylation sites (N-methyl/N-ethyl adjacent to an activating group) is 1. The summed E-state index contributed by atoms with van der Waals surface area (Å²) in [6, 6.07) is 11.4. The van der Waals surface area contributed by atoms with E-state index in [4.69, 9.17) is 0 Å². The quantitative estimate of drug-likeness (QED) is 0.846. The van der Waals surface area contributed by atoms with E-state index in [0.717, 1.165) is 18.9 Å². The lowest BCUT2D eigenvalue weighted by molar-refractivity contribution is 0.120. The Morgan fingerprint density at radius 2 is 1.82 bits per heavy atom. The molecule has 0 aliphatic carbocycles. The van der Waals surface area contributed by atoms with Crippen molar-refractivity contribution in [2.24, 2.45) is 0 Å². The summed E-state index contributed by atoms with van der Waals surface area (Å²) < 4.78 is 0. The molecule has 1 atom stereocenters. The second-order valence-corrected chi connectivity index (χ2v) is 6.58. The van der Waals surface area contributed by atoms with Crippen molar-refractivity contribution in [2.75, 3.05) is 51.2 Å². The van der Waals surface area contributed by atoms with E-state index in [1.807, 2.05) is 6.20 Å². The van der Waals surface area contributed by atoms with Crippen LogP contribution in [0.5, 0.6) is 0 Å². The first-order valence-electron chi connectivity index (χ1n) is 8.32. The van der Waals surface area contributed by atoms with E-state index in [2.05, 4.69) is 57.1 Å². The van der Waals surface area contributed by atoms with Gasteiger partial charge in [0.1, 0.15) is 5.82 Å². The molecule has 0 saturated carbocycles. The Bertz CT molecular complexity index is 643. The topological polar surface area (TPSA) is 22.6 Å². The molecule has 4 rings (SSSR count). The maximum Gasteiger partial charge on any atom is 0.136 e. The van der Waals surface area contributed by atoms with Crippen LogP contribution in [0.3, 0.4) is 0 Å². The van der Waals surface area contributed by atoms with Crippen molar-refractivity contribution in [3.63, 3.8) is 0 Å². The largest absolute Gasteiger partial charge is 0.354 e. The lowest BCUT2D eigenvalue weighted by Gasteiger charge is -2.36.